The summed E-state index contributed by atoms with van der Waals surface area (Å²) in [5.41, 5.74) is 0.793. The van der Waals surface area contributed by atoms with Crippen molar-refractivity contribution < 1.29 is 0 Å². The Balaban J connectivity index is 3.03. The van der Waals surface area contributed by atoms with Gasteiger partial charge in [-0.1, -0.05) is 27.7 Å². The Morgan fingerprint density at radius 1 is 1.41 bits per heavy atom. The molecule has 0 saturated carbocycles. The lowest BCUT2D eigenvalue weighted by Crippen LogP contribution is -2.25. The number of nitrogens with one attached hydrogen (secondary N) is 1. The van der Waals surface area contributed by atoms with Crippen molar-refractivity contribution in [3.8, 4) is 0 Å². The molecule has 1 aromatic rings. The van der Waals surface area contributed by atoms with Crippen LogP contribution >= 0.6 is 34.4 Å². The summed E-state index contributed by atoms with van der Waals surface area (Å²) >= 11 is 3.88. The van der Waals surface area contributed by atoms with Crippen molar-refractivity contribution in [1.82, 2.24) is 9.97 Å². The minimum absolute atomic E-state index is 0.0161. The van der Waals surface area contributed by atoms with Crippen molar-refractivity contribution in [2.24, 2.45) is 0 Å². The van der Waals surface area contributed by atoms with E-state index < -0.39 is 0 Å². The maximum Gasteiger partial charge on any atom is 0.264 e. The van der Waals surface area contributed by atoms with Gasteiger partial charge < -0.3 is 4.98 Å². The van der Waals surface area contributed by atoms with Crippen LogP contribution < -0.4 is 5.56 Å². The SMILES string of the molecule is CCCSCc1nc(C(C)(C)C)c(I)c(=O)[nH]1. The second kappa shape index (κ2) is 6.22. The molecular weight excluding hydrogens is 347 g/mol. The third-order valence-corrected chi connectivity index (χ3v) is 4.38. The van der Waals surface area contributed by atoms with E-state index in [9.17, 15) is 4.79 Å². The Morgan fingerprint density at radius 3 is 2.59 bits per heavy atom. The van der Waals surface area contributed by atoms with Crippen LogP contribution in [0.4, 0.5) is 0 Å². The third kappa shape index (κ3) is 4.28. The topological polar surface area (TPSA) is 45.8 Å². The van der Waals surface area contributed by atoms with Crippen LogP contribution in [0.25, 0.3) is 0 Å². The quantitative estimate of drug-likeness (QED) is 0.657. The summed E-state index contributed by atoms with van der Waals surface area (Å²) in [6.45, 7) is 8.40. The Morgan fingerprint density at radius 2 is 2.06 bits per heavy atom. The van der Waals surface area contributed by atoms with Crippen molar-refractivity contribution in [3.63, 3.8) is 0 Å². The van der Waals surface area contributed by atoms with Crippen molar-refractivity contribution >= 4 is 34.4 Å². The standard InChI is InChI=1S/C12H19IN2OS/c1-5-6-17-7-8-14-10(12(2,3)4)9(13)11(16)15-8/h5-7H2,1-4H3,(H,14,15,16). The zero-order chi connectivity index (χ0) is 13.1. The fourth-order valence-electron chi connectivity index (χ4n) is 1.38. The first kappa shape index (κ1) is 15.0. The molecule has 1 rings (SSSR count). The highest BCUT2D eigenvalue weighted by Crippen LogP contribution is 2.23. The van der Waals surface area contributed by atoms with E-state index in [1.807, 2.05) is 0 Å². The van der Waals surface area contributed by atoms with Gasteiger partial charge in [-0.3, -0.25) is 4.79 Å². The zero-order valence-electron chi connectivity index (χ0n) is 10.8. The highest BCUT2D eigenvalue weighted by Gasteiger charge is 2.21. The van der Waals surface area contributed by atoms with Gasteiger partial charge >= 0.3 is 0 Å². The van der Waals surface area contributed by atoms with Crippen LogP contribution in [0, 0.1) is 3.57 Å². The minimum atomic E-state index is -0.0883. The van der Waals surface area contributed by atoms with Crippen molar-refractivity contribution in [2.45, 2.75) is 45.3 Å². The van der Waals surface area contributed by atoms with Gasteiger partial charge in [-0.25, -0.2) is 4.98 Å². The smallest absolute Gasteiger partial charge is 0.264 e. The molecule has 5 heteroatoms. The summed E-state index contributed by atoms with van der Waals surface area (Å²) in [5, 5.41) is 0. The van der Waals surface area contributed by atoms with Gasteiger partial charge in [0.2, 0.25) is 0 Å². The first-order chi connectivity index (χ1) is 7.86. The number of hydrogen-bond acceptors (Lipinski definition) is 3. The maximum absolute atomic E-state index is 11.8. The molecule has 3 nitrogen and oxygen atoms in total. The number of thioether (sulfide) groups is 1. The summed E-state index contributed by atoms with van der Waals surface area (Å²) in [4.78, 5) is 19.3. The van der Waals surface area contributed by atoms with Gasteiger partial charge in [-0.15, -0.1) is 0 Å². The zero-order valence-corrected chi connectivity index (χ0v) is 13.7. The summed E-state index contributed by atoms with van der Waals surface area (Å²) in [7, 11) is 0. The second-order valence-electron chi connectivity index (χ2n) is 4.98. The highest BCUT2D eigenvalue weighted by atomic mass is 127. The van der Waals surface area contributed by atoms with E-state index >= 15 is 0 Å². The normalized spacial score (nSPS) is 11.8. The first-order valence-corrected chi connectivity index (χ1v) is 7.96. The average molecular weight is 366 g/mol. The van der Waals surface area contributed by atoms with Crippen LogP contribution in [0.2, 0.25) is 0 Å². The lowest BCUT2D eigenvalue weighted by atomic mass is 9.92. The summed E-state index contributed by atoms with van der Waals surface area (Å²) in [6.07, 6.45) is 1.14. The van der Waals surface area contributed by atoms with Crippen molar-refractivity contribution in [2.75, 3.05) is 5.75 Å². The number of aromatic amines is 1. The van der Waals surface area contributed by atoms with Crippen molar-refractivity contribution in [3.05, 3.63) is 25.4 Å². The summed E-state index contributed by atoms with van der Waals surface area (Å²) in [6, 6.07) is 0. The van der Waals surface area contributed by atoms with E-state index in [4.69, 9.17) is 0 Å². The molecule has 0 aromatic carbocycles. The average Bonchev–Trinajstić information content (AvgIpc) is 2.21. The third-order valence-electron chi connectivity index (χ3n) is 2.21. The van der Waals surface area contributed by atoms with Gasteiger partial charge in [0.1, 0.15) is 9.39 Å². The molecule has 0 aliphatic rings. The van der Waals surface area contributed by atoms with Crippen LogP contribution in [0.1, 0.15) is 45.6 Å². The van der Waals surface area contributed by atoms with Gasteiger partial charge in [0.05, 0.1) is 11.4 Å². The Bertz CT molecular complexity index is 437. The van der Waals surface area contributed by atoms with Gasteiger partial charge in [0.25, 0.3) is 5.56 Å². The lowest BCUT2D eigenvalue weighted by molar-refractivity contribution is 0.557. The molecule has 0 radical (unpaired) electrons. The molecule has 1 aromatic heterocycles. The van der Waals surface area contributed by atoms with Crippen molar-refractivity contribution in [1.29, 1.82) is 0 Å². The van der Waals surface area contributed by atoms with Gasteiger partial charge in [-0.05, 0) is 34.8 Å². The van der Waals surface area contributed by atoms with E-state index in [2.05, 4.69) is 60.3 Å². The number of nitrogens with zero attached hydrogens (tertiary/aromatic N) is 1. The fraction of sp³-hybridized carbons (Fsp3) is 0.667. The number of aromatic nitrogens is 2. The van der Waals surface area contributed by atoms with Crippen LogP contribution in [0.5, 0.6) is 0 Å². The molecule has 0 amide bonds. The first-order valence-electron chi connectivity index (χ1n) is 5.73. The van der Waals surface area contributed by atoms with E-state index in [1.54, 1.807) is 11.8 Å². The second-order valence-corrected chi connectivity index (χ2v) is 7.16. The largest absolute Gasteiger partial charge is 0.309 e. The van der Waals surface area contributed by atoms with E-state index in [0.717, 1.165) is 29.4 Å². The monoisotopic (exact) mass is 366 g/mol. The predicted molar refractivity (Wildman–Crippen MR) is 82.7 cm³/mol. The number of hydrogen-bond donors (Lipinski definition) is 1. The predicted octanol–water partition coefficient (Wildman–Crippen LogP) is 3.32. The van der Waals surface area contributed by atoms with Crippen LogP contribution in [0.3, 0.4) is 0 Å². The number of H-pyrrole nitrogens is 1. The molecule has 0 bridgehead atoms. The Hall–Kier alpha value is -0.0400. The fourth-order valence-corrected chi connectivity index (χ4v) is 3.21. The molecule has 0 spiro atoms. The highest BCUT2D eigenvalue weighted by molar-refractivity contribution is 14.1. The number of rotatable bonds is 4. The molecule has 1 heterocycles. The molecule has 96 valence electrons. The molecule has 0 fully saturated rings. The van der Waals surface area contributed by atoms with E-state index in [-0.39, 0.29) is 11.0 Å². The molecule has 0 aliphatic carbocycles. The van der Waals surface area contributed by atoms with Gasteiger partial charge in [0.15, 0.2) is 0 Å². The van der Waals surface area contributed by atoms with Crippen LogP contribution in [-0.4, -0.2) is 15.7 Å². The maximum atomic E-state index is 11.8. The summed E-state index contributed by atoms with van der Waals surface area (Å²) in [5.74, 6) is 2.67. The molecule has 17 heavy (non-hydrogen) atoms. The molecule has 0 saturated heterocycles. The van der Waals surface area contributed by atoms with Gasteiger partial charge in [-0.2, -0.15) is 11.8 Å². The Labute approximate surface area is 120 Å². The van der Waals surface area contributed by atoms with Gasteiger partial charge in [0, 0.05) is 5.41 Å². The molecule has 0 unspecified atom stereocenters. The van der Waals surface area contributed by atoms with E-state index in [1.165, 1.54) is 0 Å². The molecule has 0 aliphatic heterocycles. The Kier molecular flexibility index (Phi) is 5.50. The van der Waals surface area contributed by atoms with E-state index in [0.29, 0.717) is 3.57 Å². The minimum Gasteiger partial charge on any atom is -0.309 e. The number of halogens is 1. The summed E-state index contributed by atoms with van der Waals surface area (Å²) < 4.78 is 0.708. The molecule has 0 atom stereocenters. The van der Waals surface area contributed by atoms with Crippen LogP contribution in [0.15, 0.2) is 4.79 Å². The molecular formula is C12H19IN2OS. The molecule has 1 N–H and O–H groups in total. The lowest BCUT2D eigenvalue weighted by Gasteiger charge is -2.19. The van der Waals surface area contributed by atoms with Crippen LogP contribution in [-0.2, 0) is 11.2 Å².